The smallest absolute Gasteiger partial charge is 0.274 e. The molecule has 2 fully saturated rings. The van der Waals surface area contributed by atoms with E-state index in [1.165, 1.54) is 0 Å². The third-order valence-electron chi connectivity index (χ3n) is 5.79. The average molecular weight is 448 g/mol. The summed E-state index contributed by atoms with van der Waals surface area (Å²) in [6, 6.07) is 6.82. The van der Waals surface area contributed by atoms with Crippen molar-refractivity contribution in [1.82, 2.24) is 14.5 Å². The van der Waals surface area contributed by atoms with Gasteiger partial charge < -0.3 is 19.5 Å². The lowest BCUT2D eigenvalue weighted by atomic mass is 10.1. The van der Waals surface area contributed by atoms with Crippen LogP contribution >= 0.6 is 15.9 Å². The molecule has 2 aromatic rings. The third kappa shape index (κ3) is 3.68. The number of rotatable bonds is 4. The van der Waals surface area contributed by atoms with E-state index in [9.17, 15) is 4.79 Å². The van der Waals surface area contributed by atoms with Crippen molar-refractivity contribution in [3.8, 4) is 0 Å². The van der Waals surface area contributed by atoms with Crippen LogP contribution in [-0.2, 0) is 11.8 Å². The standard InChI is InChI=1S/C20H26BrN5O2/c1-13-10-25(16-11-28-12-16)6-7-26(13)15-4-5-19(22-9-15)23-18-8-17(21)14(2)24(3)20(18)27/h4-5,8-9,13,16H,6-7,10-12H2,1-3H3,(H,22,23)/t13-/m0/s1. The number of aromatic nitrogens is 2. The number of ether oxygens (including phenoxy) is 1. The summed E-state index contributed by atoms with van der Waals surface area (Å²) in [7, 11) is 1.76. The van der Waals surface area contributed by atoms with Crippen molar-refractivity contribution in [2.45, 2.75) is 25.9 Å². The number of hydrogen-bond acceptors (Lipinski definition) is 6. The molecule has 8 heteroatoms. The van der Waals surface area contributed by atoms with Crippen LogP contribution in [0.15, 0.2) is 33.7 Å². The van der Waals surface area contributed by atoms with Crippen LogP contribution in [0, 0.1) is 6.92 Å². The van der Waals surface area contributed by atoms with Crippen LogP contribution in [0.5, 0.6) is 0 Å². The second-order valence-corrected chi connectivity index (χ2v) is 8.47. The second kappa shape index (κ2) is 7.85. The highest BCUT2D eigenvalue weighted by molar-refractivity contribution is 9.10. The molecule has 28 heavy (non-hydrogen) atoms. The van der Waals surface area contributed by atoms with Crippen molar-refractivity contribution in [2.75, 3.05) is 43.1 Å². The summed E-state index contributed by atoms with van der Waals surface area (Å²) < 4.78 is 7.83. The van der Waals surface area contributed by atoms with Gasteiger partial charge in [0, 0.05) is 42.9 Å². The summed E-state index contributed by atoms with van der Waals surface area (Å²) in [6.07, 6.45) is 1.88. The number of nitrogens with one attached hydrogen (secondary N) is 1. The summed E-state index contributed by atoms with van der Waals surface area (Å²) in [6.45, 7) is 8.96. The summed E-state index contributed by atoms with van der Waals surface area (Å²) in [5.74, 6) is 0.662. The molecule has 2 aliphatic rings. The fraction of sp³-hybridized carbons (Fsp3) is 0.500. The van der Waals surface area contributed by atoms with Gasteiger partial charge >= 0.3 is 0 Å². The van der Waals surface area contributed by atoms with Crippen LogP contribution in [0.4, 0.5) is 17.2 Å². The predicted octanol–water partition coefficient (Wildman–Crippen LogP) is 2.50. The fourth-order valence-electron chi connectivity index (χ4n) is 3.78. The molecule has 0 amide bonds. The Kier molecular flexibility index (Phi) is 5.44. The van der Waals surface area contributed by atoms with Crippen molar-refractivity contribution in [3.63, 3.8) is 0 Å². The molecule has 2 saturated heterocycles. The average Bonchev–Trinajstić information content (AvgIpc) is 2.64. The molecule has 2 aliphatic heterocycles. The largest absolute Gasteiger partial charge is 0.378 e. The Morgan fingerprint density at radius 3 is 2.68 bits per heavy atom. The number of piperazine rings is 1. The first-order valence-corrected chi connectivity index (χ1v) is 10.4. The van der Waals surface area contributed by atoms with Gasteiger partial charge in [0.2, 0.25) is 0 Å². The molecule has 4 heterocycles. The normalized spacial score (nSPS) is 20.9. The second-order valence-electron chi connectivity index (χ2n) is 7.61. The molecule has 7 nitrogen and oxygen atoms in total. The van der Waals surface area contributed by atoms with Gasteiger partial charge in [0.05, 0.1) is 31.1 Å². The van der Waals surface area contributed by atoms with E-state index >= 15 is 0 Å². The maximum Gasteiger partial charge on any atom is 0.274 e. The Morgan fingerprint density at radius 2 is 2.07 bits per heavy atom. The van der Waals surface area contributed by atoms with Gasteiger partial charge in [-0.05, 0) is 48.0 Å². The van der Waals surface area contributed by atoms with Crippen LogP contribution in [-0.4, -0.2) is 59.4 Å². The monoisotopic (exact) mass is 447 g/mol. The zero-order valence-corrected chi connectivity index (χ0v) is 18.1. The van der Waals surface area contributed by atoms with Crippen LogP contribution in [0.3, 0.4) is 0 Å². The Bertz CT molecular complexity index is 910. The molecule has 2 aromatic heterocycles. The highest BCUT2D eigenvalue weighted by Gasteiger charge is 2.32. The lowest BCUT2D eigenvalue weighted by Crippen LogP contribution is -2.59. The van der Waals surface area contributed by atoms with E-state index < -0.39 is 0 Å². The van der Waals surface area contributed by atoms with Crippen LogP contribution in [0.25, 0.3) is 0 Å². The highest BCUT2D eigenvalue weighted by atomic mass is 79.9. The van der Waals surface area contributed by atoms with Crippen LogP contribution < -0.4 is 15.8 Å². The van der Waals surface area contributed by atoms with Crippen molar-refractivity contribution in [3.05, 3.63) is 44.9 Å². The molecule has 0 aliphatic carbocycles. The van der Waals surface area contributed by atoms with Crippen LogP contribution in [0.1, 0.15) is 12.6 Å². The molecular weight excluding hydrogens is 422 g/mol. The van der Waals surface area contributed by atoms with E-state index in [0.29, 0.717) is 23.6 Å². The van der Waals surface area contributed by atoms with Crippen molar-refractivity contribution >= 4 is 33.1 Å². The summed E-state index contributed by atoms with van der Waals surface area (Å²) >= 11 is 3.50. The zero-order valence-electron chi connectivity index (χ0n) is 16.5. The van der Waals surface area contributed by atoms with Gasteiger partial charge in [0.15, 0.2) is 0 Å². The van der Waals surface area contributed by atoms with Gasteiger partial charge in [-0.2, -0.15) is 0 Å². The Morgan fingerprint density at radius 1 is 1.29 bits per heavy atom. The van der Waals surface area contributed by atoms with E-state index in [4.69, 9.17) is 4.74 Å². The van der Waals surface area contributed by atoms with E-state index in [1.54, 1.807) is 17.7 Å². The lowest BCUT2D eigenvalue weighted by molar-refractivity contribution is -0.0691. The van der Waals surface area contributed by atoms with E-state index in [1.807, 2.05) is 19.2 Å². The van der Waals surface area contributed by atoms with Gasteiger partial charge in [-0.3, -0.25) is 9.69 Å². The first-order valence-electron chi connectivity index (χ1n) is 9.61. The minimum Gasteiger partial charge on any atom is -0.378 e. The summed E-state index contributed by atoms with van der Waals surface area (Å²) in [5, 5.41) is 3.14. The maximum atomic E-state index is 12.4. The minimum absolute atomic E-state index is 0.0729. The highest BCUT2D eigenvalue weighted by Crippen LogP contribution is 2.24. The predicted molar refractivity (Wildman–Crippen MR) is 115 cm³/mol. The number of halogens is 1. The van der Waals surface area contributed by atoms with Gasteiger partial charge in [0.1, 0.15) is 11.5 Å². The van der Waals surface area contributed by atoms with Crippen molar-refractivity contribution < 1.29 is 4.74 Å². The van der Waals surface area contributed by atoms with E-state index in [0.717, 1.165) is 48.7 Å². The lowest BCUT2D eigenvalue weighted by Gasteiger charge is -2.46. The summed E-state index contributed by atoms with van der Waals surface area (Å²) in [5.41, 5.74) is 2.43. The van der Waals surface area contributed by atoms with Gasteiger partial charge in [0.25, 0.3) is 5.56 Å². The molecule has 0 radical (unpaired) electrons. The molecule has 4 rings (SSSR count). The number of hydrogen-bond donors (Lipinski definition) is 1. The molecule has 0 bridgehead atoms. The maximum absolute atomic E-state index is 12.4. The Balaban J connectivity index is 1.45. The first kappa shape index (κ1) is 19.4. The Hall–Kier alpha value is -1.90. The molecule has 0 saturated carbocycles. The minimum atomic E-state index is -0.0729. The number of nitrogens with zero attached hydrogens (tertiary/aromatic N) is 4. The van der Waals surface area contributed by atoms with E-state index in [-0.39, 0.29) is 5.56 Å². The molecule has 0 spiro atoms. The Labute approximate surface area is 173 Å². The SMILES string of the molecule is Cc1c(Br)cc(Nc2ccc(N3CCN(C4COC4)C[C@@H]3C)cn2)c(=O)n1C. The van der Waals surface area contributed by atoms with Gasteiger partial charge in [-0.1, -0.05) is 0 Å². The third-order valence-corrected chi connectivity index (χ3v) is 6.60. The van der Waals surface area contributed by atoms with Crippen LogP contribution in [0.2, 0.25) is 0 Å². The first-order chi connectivity index (χ1) is 13.4. The number of anilines is 3. The van der Waals surface area contributed by atoms with Crippen molar-refractivity contribution in [2.24, 2.45) is 7.05 Å². The van der Waals surface area contributed by atoms with Crippen molar-refractivity contribution in [1.29, 1.82) is 0 Å². The molecule has 0 unspecified atom stereocenters. The fourth-order valence-corrected chi connectivity index (χ4v) is 4.27. The van der Waals surface area contributed by atoms with Gasteiger partial charge in [-0.15, -0.1) is 0 Å². The molecule has 1 atom stereocenters. The molecule has 150 valence electrons. The quantitative estimate of drug-likeness (QED) is 0.776. The topological polar surface area (TPSA) is 62.6 Å². The number of pyridine rings is 2. The van der Waals surface area contributed by atoms with E-state index in [2.05, 4.69) is 49.0 Å². The zero-order chi connectivity index (χ0) is 19.8. The molecule has 0 aromatic carbocycles. The molecular formula is C20H26BrN5O2. The molecule has 1 N–H and O–H groups in total. The summed E-state index contributed by atoms with van der Waals surface area (Å²) in [4.78, 5) is 21.9. The van der Waals surface area contributed by atoms with Gasteiger partial charge in [-0.25, -0.2) is 4.98 Å².